The van der Waals surface area contributed by atoms with E-state index in [1.807, 2.05) is 13.8 Å². The molecule has 2 rings (SSSR count). The van der Waals surface area contributed by atoms with E-state index < -0.39 is 11.5 Å². The van der Waals surface area contributed by atoms with Crippen LogP contribution in [-0.4, -0.2) is 31.2 Å². The lowest BCUT2D eigenvalue weighted by Gasteiger charge is -2.54. The second-order valence-corrected chi connectivity index (χ2v) is 6.00. The Morgan fingerprint density at radius 1 is 1.40 bits per heavy atom. The lowest BCUT2D eigenvalue weighted by Crippen LogP contribution is -2.57. The van der Waals surface area contributed by atoms with Crippen molar-refractivity contribution < 1.29 is 14.6 Å². The highest BCUT2D eigenvalue weighted by Gasteiger charge is 2.57. The van der Waals surface area contributed by atoms with Crippen molar-refractivity contribution in [3.05, 3.63) is 12.2 Å². The van der Waals surface area contributed by atoms with Crippen molar-refractivity contribution in [3.8, 4) is 0 Å². The summed E-state index contributed by atoms with van der Waals surface area (Å²) in [6.45, 7) is 10.8. The van der Waals surface area contributed by atoms with Gasteiger partial charge in [0.25, 0.3) is 0 Å². The minimum absolute atomic E-state index is 0.0310. The summed E-state index contributed by atoms with van der Waals surface area (Å²) >= 11 is 0. The Kier molecular flexibility index (Phi) is 6.41. The van der Waals surface area contributed by atoms with Gasteiger partial charge in [-0.1, -0.05) is 32.9 Å². The van der Waals surface area contributed by atoms with Crippen molar-refractivity contribution in [1.82, 2.24) is 0 Å². The van der Waals surface area contributed by atoms with Gasteiger partial charge in [0.1, 0.15) is 6.29 Å². The van der Waals surface area contributed by atoms with Gasteiger partial charge < -0.3 is 14.6 Å². The molecule has 0 aromatic carbocycles. The molecule has 0 radical (unpaired) electrons. The second kappa shape index (κ2) is 7.37. The highest BCUT2D eigenvalue weighted by Crippen LogP contribution is 2.55. The van der Waals surface area contributed by atoms with Gasteiger partial charge in [0.2, 0.25) is 0 Å². The van der Waals surface area contributed by atoms with Crippen molar-refractivity contribution in [1.29, 1.82) is 0 Å². The molecule has 2 saturated carbocycles. The van der Waals surface area contributed by atoms with Gasteiger partial charge in [-0.2, -0.15) is 0 Å². The molecule has 0 aromatic heterocycles. The topological polar surface area (TPSA) is 46.5 Å². The summed E-state index contributed by atoms with van der Waals surface area (Å²) in [6, 6.07) is 0. The van der Waals surface area contributed by atoms with Gasteiger partial charge in [-0.3, -0.25) is 0 Å². The maximum absolute atomic E-state index is 11.8. The molecule has 5 unspecified atom stereocenters. The largest absolute Gasteiger partial charge is 0.392 e. The first-order valence-electron chi connectivity index (χ1n) is 7.88. The zero-order chi connectivity index (χ0) is 15.3. The van der Waals surface area contributed by atoms with Gasteiger partial charge in [-0.05, 0) is 37.5 Å². The molecule has 0 aliphatic heterocycles. The summed E-state index contributed by atoms with van der Waals surface area (Å²) in [5.41, 5.74) is 0.400. The van der Waals surface area contributed by atoms with E-state index in [-0.39, 0.29) is 11.8 Å². The minimum Gasteiger partial charge on any atom is -0.392 e. The molecular weight excluding hydrogens is 252 g/mol. The molecule has 2 aliphatic carbocycles. The van der Waals surface area contributed by atoms with Crippen molar-refractivity contribution in [2.75, 3.05) is 13.7 Å². The first kappa shape index (κ1) is 17.4. The maximum atomic E-state index is 11.8. The SMILES string of the molecule is C=C1CCC2C(C)CCC(O)C2(C=O)C1COC.CC. The van der Waals surface area contributed by atoms with E-state index in [9.17, 15) is 9.90 Å². The fourth-order valence-electron chi connectivity index (χ4n) is 4.18. The molecular formula is C17H30O3. The molecule has 116 valence electrons. The monoisotopic (exact) mass is 282 g/mol. The molecule has 0 bridgehead atoms. The van der Waals surface area contributed by atoms with E-state index >= 15 is 0 Å². The summed E-state index contributed by atoms with van der Waals surface area (Å²) in [7, 11) is 1.65. The van der Waals surface area contributed by atoms with Gasteiger partial charge in [-0.25, -0.2) is 0 Å². The zero-order valence-electron chi connectivity index (χ0n) is 13.4. The average molecular weight is 282 g/mol. The first-order chi connectivity index (χ1) is 9.57. The van der Waals surface area contributed by atoms with E-state index in [1.165, 1.54) is 0 Å². The quantitative estimate of drug-likeness (QED) is 0.638. The summed E-state index contributed by atoms with van der Waals surface area (Å²) in [5.74, 6) is 0.729. The van der Waals surface area contributed by atoms with Crippen molar-refractivity contribution in [2.45, 2.75) is 52.6 Å². The molecule has 3 nitrogen and oxygen atoms in total. The van der Waals surface area contributed by atoms with Crippen LogP contribution in [0.1, 0.15) is 46.5 Å². The number of rotatable bonds is 3. The van der Waals surface area contributed by atoms with E-state index in [0.29, 0.717) is 18.9 Å². The van der Waals surface area contributed by atoms with Crippen molar-refractivity contribution in [3.63, 3.8) is 0 Å². The molecule has 2 aliphatic rings. The van der Waals surface area contributed by atoms with E-state index in [2.05, 4.69) is 13.5 Å². The maximum Gasteiger partial charge on any atom is 0.129 e. The summed E-state index contributed by atoms with van der Waals surface area (Å²) in [5, 5.41) is 10.5. The summed E-state index contributed by atoms with van der Waals surface area (Å²) < 4.78 is 5.28. The molecule has 1 N–H and O–H groups in total. The Morgan fingerprint density at radius 2 is 2.05 bits per heavy atom. The predicted molar refractivity (Wildman–Crippen MR) is 81.5 cm³/mol. The lowest BCUT2D eigenvalue weighted by molar-refractivity contribution is -0.153. The fourth-order valence-corrected chi connectivity index (χ4v) is 4.18. The Bertz CT molecular complexity index is 339. The van der Waals surface area contributed by atoms with Gasteiger partial charge in [0, 0.05) is 13.0 Å². The van der Waals surface area contributed by atoms with E-state index in [0.717, 1.165) is 31.1 Å². The molecule has 0 amide bonds. The first-order valence-corrected chi connectivity index (χ1v) is 7.88. The molecule has 0 heterocycles. The van der Waals surface area contributed by atoms with Crippen LogP contribution in [0.15, 0.2) is 12.2 Å². The minimum atomic E-state index is -0.664. The van der Waals surface area contributed by atoms with Gasteiger partial charge in [-0.15, -0.1) is 0 Å². The smallest absolute Gasteiger partial charge is 0.129 e. The van der Waals surface area contributed by atoms with Crippen LogP contribution in [0.5, 0.6) is 0 Å². The van der Waals surface area contributed by atoms with Crippen LogP contribution < -0.4 is 0 Å². The number of carbonyl (C=O) groups excluding carboxylic acids is 1. The third-order valence-corrected chi connectivity index (χ3v) is 5.21. The molecule has 5 atom stereocenters. The Balaban J connectivity index is 0.000000956. The lowest BCUT2D eigenvalue weighted by atomic mass is 9.50. The van der Waals surface area contributed by atoms with Crippen LogP contribution >= 0.6 is 0 Å². The van der Waals surface area contributed by atoms with Crippen molar-refractivity contribution in [2.24, 2.45) is 23.2 Å². The van der Waals surface area contributed by atoms with Crippen LogP contribution in [-0.2, 0) is 9.53 Å². The summed E-state index contributed by atoms with van der Waals surface area (Å²) in [6.07, 6.45) is 4.10. The number of aliphatic hydroxyl groups excluding tert-OH is 1. The number of hydrogen-bond acceptors (Lipinski definition) is 3. The molecule has 0 aromatic rings. The molecule has 0 spiro atoms. The highest BCUT2D eigenvalue weighted by atomic mass is 16.5. The fraction of sp³-hybridized carbons (Fsp3) is 0.824. The number of ether oxygens (including phenoxy) is 1. The van der Waals surface area contributed by atoms with Gasteiger partial charge in [0.15, 0.2) is 0 Å². The van der Waals surface area contributed by atoms with Crippen molar-refractivity contribution >= 4 is 6.29 Å². The van der Waals surface area contributed by atoms with Gasteiger partial charge >= 0.3 is 0 Å². The number of aliphatic hydroxyl groups is 1. The van der Waals surface area contributed by atoms with Crippen LogP contribution in [0, 0.1) is 23.2 Å². The number of fused-ring (bicyclic) bond motifs is 1. The molecule has 20 heavy (non-hydrogen) atoms. The molecule has 2 fully saturated rings. The standard InChI is InChI=1S/C15H24O3.C2H6/c1-10-5-7-14(17)15(9-16)12(10)6-4-11(2)13(15)8-18-3;1-2/h9-10,12-14,17H,2,4-8H2,1,3H3;1-2H3. The Labute approximate surface area is 123 Å². The number of carbonyl (C=O) groups is 1. The normalized spacial score (nSPS) is 40.4. The number of aldehydes is 1. The Hall–Kier alpha value is -0.670. The average Bonchev–Trinajstić information content (AvgIpc) is 2.47. The third kappa shape index (κ3) is 2.71. The molecule has 3 heteroatoms. The van der Waals surface area contributed by atoms with Crippen LogP contribution in [0.2, 0.25) is 0 Å². The highest BCUT2D eigenvalue weighted by molar-refractivity contribution is 5.64. The number of hydrogen-bond donors (Lipinski definition) is 1. The predicted octanol–water partition coefficient (Wildman–Crippen LogP) is 3.22. The third-order valence-electron chi connectivity index (χ3n) is 5.21. The second-order valence-electron chi connectivity index (χ2n) is 6.00. The van der Waals surface area contributed by atoms with E-state index in [4.69, 9.17) is 4.74 Å². The van der Waals surface area contributed by atoms with Crippen LogP contribution in [0.25, 0.3) is 0 Å². The zero-order valence-corrected chi connectivity index (χ0v) is 13.4. The number of methoxy groups -OCH3 is 1. The molecule has 0 saturated heterocycles. The van der Waals surface area contributed by atoms with Gasteiger partial charge in [0.05, 0.1) is 18.1 Å². The summed E-state index contributed by atoms with van der Waals surface area (Å²) in [4.78, 5) is 11.8. The van der Waals surface area contributed by atoms with Crippen LogP contribution in [0.3, 0.4) is 0 Å². The Morgan fingerprint density at radius 3 is 2.60 bits per heavy atom. The van der Waals surface area contributed by atoms with Crippen LogP contribution in [0.4, 0.5) is 0 Å². The van der Waals surface area contributed by atoms with E-state index in [1.54, 1.807) is 7.11 Å².